The van der Waals surface area contributed by atoms with E-state index in [9.17, 15) is 19.8 Å². The van der Waals surface area contributed by atoms with Crippen LogP contribution < -0.4 is 23.7 Å². The number of phenols is 1. The quantitative estimate of drug-likeness (QED) is 0.351. The molecule has 2 aliphatic rings. The zero-order valence-corrected chi connectivity index (χ0v) is 24.4. The highest BCUT2D eigenvalue weighted by molar-refractivity contribution is 5.91. The summed E-state index contributed by atoms with van der Waals surface area (Å²) in [7, 11) is 4.18. The number of fused-ring (bicyclic) bond motifs is 4. The fourth-order valence-electron chi connectivity index (χ4n) is 5.19. The largest absolute Gasteiger partial charge is 0.504 e. The molecule has 0 unspecified atom stereocenters. The van der Waals surface area contributed by atoms with Gasteiger partial charge in [0.25, 0.3) is 0 Å². The Morgan fingerprint density at radius 2 is 1.73 bits per heavy atom. The SMILES string of the molecule is C/C=C(/C)C(=O)O[C@H]1c2cc(OC)c(OC)c(O)c2-c2c(cc3c(c2OC)OCO3)[C@H](OC(=O)CC)[C@H](C)[C@]1(C)O. The van der Waals surface area contributed by atoms with Gasteiger partial charge in [0.1, 0.15) is 11.7 Å². The van der Waals surface area contributed by atoms with E-state index in [4.69, 9.17) is 33.2 Å². The first-order valence-electron chi connectivity index (χ1n) is 13.2. The van der Waals surface area contributed by atoms with Crippen molar-refractivity contribution in [1.82, 2.24) is 0 Å². The third-order valence-electron chi connectivity index (χ3n) is 7.80. The molecule has 11 heteroatoms. The van der Waals surface area contributed by atoms with Crippen LogP contribution in [0, 0.1) is 5.92 Å². The van der Waals surface area contributed by atoms with Gasteiger partial charge in [-0.2, -0.15) is 0 Å². The molecule has 0 amide bonds. The minimum atomic E-state index is -1.86. The van der Waals surface area contributed by atoms with Crippen molar-refractivity contribution in [2.24, 2.45) is 5.92 Å². The van der Waals surface area contributed by atoms with E-state index in [2.05, 4.69) is 0 Å². The second kappa shape index (κ2) is 11.4. The summed E-state index contributed by atoms with van der Waals surface area (Å²) < 4.78 is 40.2. The van der Waals surface area contributed by atoms with Crippen LogP contribution >= 0.6 is 0 Å². The van der Waals surface area contributed by atoms with Crippen LogP contribution in [0.3, 0.4) is 0 Å². The lowest BCUT2D eigenvalue weighted by Gasteiger charge is -2.43. The minimum Gasteiger partial charge on any atom is -0.504 e. The Bertz CT molecular complexity index is 1390. The Morgan fingerprint density at radius 3 is 2.32 bits per heavy atom. The van der Waals surface area contributed by atoms with Gasteiger partial charge in [0.2, 0.25) is 18.3 Å². The van der Waals surface area contributed by atoms with Crippen LogP contribution in [0.1, 0.15) is 64.4 Å². The van der Waals surface area contributed by atoms with Gasteiger partial charge in [0, 0.05) is 40.2 Å². The van der Waals surface area contributed by atoms with Gasteiger partial charge < -0.3 is 43.4 Å². The van der Waals surface area contributed by atoms with Gasteiger partial charge >= 0.3 is 11.9 Å². The standard InChI is InChI=1S/C30H36O11/c1-9-14(3)29(33)41-28-17-12-18(35-6)25(36-7)23(32)21(17)22-16(11-19-26(27(22)37-8)39-13-38-19)24(40-20(31)10-2)15(4)30(28,5)34/h9,11-12,15,24,28,32,34H,10,13H2,1-8H3/b14-9-/t15-,24+,28-,30-/m0/s1. The molecule has 0 aromatic heterocycles. The van der Waals surface area contributed by atoms with Crippen LogP contribution in [0.5, 0.6) is 34.5 Å². The number of aromatic hydroxyl groups is 1. The number of hydrogen-bond donors (Lipinski definition) is 2. The van der Waals surface area contributed by atoms with Crippen molar-refractivity contribution in [2.75, 3.05) is 28.1 Å². The molecule has 1 aliphatic heterocycles. The number of hydrogen-bond acceptors (Lipinski definition) is 11. The highest BCUT2D eigenvalue weighted by Crippen LogP contribution is 2.61. The number of aliphatic hydroxyl groups is 1. The van der Waals surface area contributed by atoms with Crippen molar-refractivity contribution in [2.45, 2.75) is 58.8 Å². The maximum Gasteiger partial charge on any atom is 0.334 e. The van der Waals surface area contributed by atoms with E-state index in [1.54, 1.807) is 39.8 Å². The number of carbonyl (C=O) groups excluding carboxylic acids is 2. The molecule has 41 heavy (non-hydrogen) atoms. The predicted molar refractivity (Wildman–Crippen MR) is 146 cm³/mol. The average molecular weight is 573 g/mol. The fourth-order valence-corrected chi connectivity index (χ4v) is 5.19. The summed E-state index contributed by atoms with van der Waals surface area (Å²) in [4.78, 5) is 25.9. The third kappa shape index (κ3) is 4.88. The highest BCUT2D eigenvalue weighted by atomic mass is 16.7. The number of carbonyl (C=O) groups is 2. The molecule has 0 saturated carbocycles. The molecular formula is C30H36O11. The van der Waals surface area contributed by atoms with Crippen LogP contribution in [0.25, 0.3) is 11.1 Å². The van der Waals surface area contributed by atoms with Crippen molar-refractivity contribution >= 4 is 11.9 Å². The van der Waals surface area contributed by atoms with Gasteiger partial charge in [0.05, 0.1) is 21.3 Å². The molecule has 2 aromatic carbocycles. The highest BCUT2D eigenvalue weighted by Gasteiger charge is 2.51. The molecule has 222 valence electrons. The Morgan fingerprint density at radius 1 is 1.05 bits per heavy atom. The molecule has 11 nitrogen and oxygen atoms in total. The van der Waals surface area contributed by atoms with Crippen LogP contribution in [-0.4, -0.2) is 55.9 Å². The van der Waals surface area contributed by atoms with E-state index in [1.165, 1.54) is 34.3 Å². The first kappa shape index (κ1) is 29.9. The average Bonchev–Trinajstić information content (AvgIpc) is 3.44. The molecule has 1 aliphatic carbocycles. The molecule has 4 atom stereocenters. The van der Waals surface area contributed by atoms with Gasteiger partial charge in [-0.05, 0) is 32.9 Å². The van der Waals surface area contributed by atoms with E-state index >= 15 is 0 Å². The summed E-state index contributed by atoms with van der Waals surface area (Å²) >= 11 is 0. The van der Waals surface area contributed by atoms with Crippen LogP contribution in [-0.2, 0) is 19.1 Å². The zero-order valence-electron chi connectivity index (χ0n) is 24.4. The lowest BCUT2D eigenvalue weighted by Crippen LogP contribution is -2.46. The molecule has 0 fully saturated rings. The number of methoxy groups -OCH3 is 3. The fraction of sp³-hybridized carbons (Fsp3) is 0.467. The second-order valence-corrected chi connectivity index (χ2v) is 10.1. The van der Waals surface area contributed by atoms with E-state index in [0.29, 0.717) is 16.9 Å². The van der Waals surface area contributed by atoms with E-state index < -0.39 is 35.7 Å². The summed E-state index contributed by atoms with van der Waals surface area (Å²) in [5.74, 6) is -1.57. The number of ether oxygens (including phenoxy) is 7. The number of rotatable bonds is 7. The Balaban J connectivity index is 2.21. The van der Waals surface area contributed by atoms with Gasteiger partial charge in [-0.1, -0.05) is 19.9 Å². The van der Waals surface area contributed by atoms with E-state index in [1.807, 2.05) is 0 Å². The normalized spacial score (nSPS) is 23.0. The minimum absolute atomic E-state index is 0.0120. The monoisotopic (exact) mass is 572 g/mol. The third-order valence-corrected chi connectivity index (χ3v) is 7.80. The lowest BCUT2D eigenvalue weighted by molar-refractivity contribution is -0.183. The Hall–Kier alpha value is -4.12. The molecule has 4 rings (SSSR count). The zero-order chi connectivity index (χ0) is 30.2. The van der Waals surface area contributed by atoms with Crippen molar-refractivity contribution in [3.05, 3.63) is 34.9 Å². The topological polar surface area (TPSA) is 139 Å². The molecule has 2 aromatic rings. The second-order valence-electron chi connectivity index (χ2n) is 10.1. The lowest BCUT2D eigenvalue weighted by atomic mass is 9.71. The molecular weight excluding hydrogens is 536 g/mol. The molecule has 0 saturated heterocycles. The molecule has 2 N–H and O–H groups in total. The Labute approximate surface area is 238 Å². The number of allylic oxidation sites excluding steroid dienone is 1. The van der Waals surface area contributed by atoms with E-state index in [0.717, 1.165) is 0 Å². The summed E-state index contributed by atoms with van der Waals surface area (Å²) in [5, 5.41) is 24.0. The number of esters is 2. The van der Waals surface area contributed by atoms with Gasteiger partial charge in [-0.25, -0.2) is 4.79 Å². The van der Waals surface area contributed by atoms with Gasteiger partial charge in [-0.15, -0.1) is 0 Å². The van der Waals surface area contributed by atoms with Crippen LogP contribution in [0.15, 0.2) is 23.8 Å². The summed E-state index contributed by atoms with van der Waals surface area (Å²) in [5.41, 5.74) is -0.590. The van der Waals surface area contributed by atoms with Crippen molar-refractivity contribution in [3.63, 3.8) is 0 Å². The maximum absolute atomic E-state index is 13.2. The Kier molecular flexibility index (Phi) is 8.30. The summed E-state index contributed by atoms with van der Waals surface area (Å²) in [6.07, 6.45) is -0.831. The van der Waals surface area contributed by atoms with E-state index in [-0.39, 0.29) is 58.7 Å². The molecule has 1 heterocycles. The smallest absolute Gasteiger partial charge is 0.334 e. The van der Waals surface area contributed by atoms with Crippen LogP contribution in [0.2, 0.25) is 0 Å². The first-order valence-corrected chi connectivity index (χ1v) is 13.2. The van der Waals surface area contributed by atoms with Crippen molar-refractivity contribution in [3.8, 4) is 45.6 Å². The maximum atomic E-state index is 13.2. The molecule has 0 spiro atoms. The number of benzene rings is 2. The molecule has 0 radical (unpaired) electrons. The van der Waals surface area contributed by atoms with Crippen molar-refractivity contribution in [1.29, 1.82) is 0 Å². The van der Waals surface area contributed by atoms with Gasteiger partial charge in [0.15, 0.2) is 29.1 Å². The molecule has 0 bridgehead atoms. The van der Waals surface area contributed by atoms with Crippen molar-refractivity contribution < 1.29 is 53.0 Å². The first-order chi connectivity index (χ1) is 19.5. The summed E-state index contributed by atoms with van der Waals surface area (Å²) in [6, 6.07) is 3.17. The summed E-state index contributed by atoms with van der Waals surface area (Å²) in [6.45, 7) is 8.00. The van der Waals surface area contributed by atoms with Crippen LogP contribution in [0.4, 0.5) is 0 Å². The van der Waals surface area contributed by atoms with Gasteiger partial charge in [-0.3, -0.25) is 4.79 Å². The predicted octanol–water partition coefficient (Wildman–Crippen LogP) is 4.76. The number of phenolic OH excluding ortho intramolecular Hbond substituents is 1.